The summed E-state index contributed by atoms with van der Waals surface area (Å²) in [5.74, 6) is -2.02. The smallest absolute Gasteiger partial charge is 0.439 e. The lowest BCUT2D eigenvalue weighted by atomic mass is 9.66. The molecule has 3 heterocycles. The van der Waals surface area contributed by atoms with Crippen LogP contribution in [0.15, 0.2) is 51.8 Å². The summed E-state index contributed by atoms with van der Waals surface area (Å²) < 4.78 is 10.3. The summed E-state index contributed by atoms with van der Waals surface area (Å²) in [5, 5.41) is 19.3. The summed E-state index contributed by atoms with van der Waals surface area (Å²) in [7, 11) is 0. The normalized spacial score (nSPS) is 22.6. The first-order valence-corrected chi connectivity index (χ1v) is 12.6. The monoisotopic (exact) mass is 540 g/mol. The van der Waals surface area contributed by atoms with Crippen molar-refractivity contribution in [3.8, 4) is 17.5 Å². The second kappa shape index (κ2) is 8.41. The van der Waals surface area contributed by atoms with E-state index in [0.29, 0.717) is 40.6 Å². The molecule has 12 nitrogen and oxygen atoms in total. The van der Waals surface area contributed by atoms with Crippen molar-refractivity contribution in [3.05, 3.63) is 64.3 Å². The molecule has 1 saturated carbocycles. The van der Waals surface area contributed by atoms with Crippen LogP contribution in [-0.4, -0.2) is 38.5 Å². The molecule has 1 aliphatic carbocycles. The Kier molecular flexibility index (Phi) is 5.28. The number of para-hydroxylation sites is 1. The molecule has 202 valence electrons. The van der Waals surface area contributed by atoms with Crippen molar-refractivity contribution in [2.24, 2.45) is 10.8 Å². The van der Waals surface area contributed by atoms with E-state index in [1.54, 1.807) is 24.3 Å². The van der Waals surface area contributed by atoms with Crippen molar-refractivity contribution >= 4 is 40.1 Å². The van der Waals surface area contributed by atoms with Gasteiger partial charge < -0.3 is 20.4 Å². The maximum Gasteiger partial charge on any atom is 0.439 e. The molecule has 2 fully saturated rings. The molecule has 12 heteroatoms. The van der Waals surface area contributed by atoms with Crippen molar-refractivity contribution in [2.45, 2.75) is 39.2 Å². The van der Waals surface area contributed by atoms with Gasteiger partial charge in [-0.2, -0.15) is 5.26 Å². The van der Waals surface area contributed by atoms with Crippen molar-refractivity contribution in [1.29, 1.82) is 5.26 Å². The van der Waals surface area contributed by atoms with E-state index in [1.165, 1.54) is 18.2 Å². The molecule has 40 heavy (non-hydrogen) atoms. The van der Waals surface area contributed by atoms with Gasteiger partial charge in [-0.3, -0.25) is 23.9 Å². The minimum atomic E-state index is -1.29. The third-order valence-corrected chi connectivity index (χ3v) is 8.69. The standard InChI is InChI=1S/C28H24N6O6/c1-26(2)27(3)9-10-28(26,39-24(27)37)23(36)32-18-6-4-5-15-12-19(30-20(15)18)22(35)31-17-8-7-14(13-29)11-16(17)21-33-25(38)40-34-21/h4-8,11-12,30H,9-10H2,1-3H3,(H,31,35)(H,32,36)(H,33,34,38). The maximum atomic E-state index is 13.6. The Labute approximate surface area is 226 Å². The molecule has 4 N–H and O–H groups in total. The molecule has 2 unspecified atom stereocenters. The molecule has 2 aromatic heterocycles. The number of aromatic amines is 2. The molecule has 2 amide bonds. The minimum absolute atomic E-state index is 0.0527. The zero-order valence-corrected chi connectivity index (χ0v) is 21.8. The third-order valence-electron chi connectivity index (χ3n) is 8.69. The Morgan fingerprint density at radius 2 is 1.82 bits per heavy atom. The number of esters is 1. The van der Waals surface area contributed by atoms with E-state index in [9.17, 15) is 24.4 Å². The molecule has 1 saturated heterocycles. The van der Waals surface area contributed by atoms with Crippen molar-refractivity contribution in [3.63, 3.8) is 0 Å². The van der Waals surface area contributed by atoms with E-state index in [4.69, 9.17) is 4.74 Å². The van der Waals surface area contributed by atoms with Gasteiger partial charge in [-0.25, -0.2) is 4.79 Å². The molecule has 0 radical (unpaired) electrons. The number of nitrogens with zero attached hydrogens (tertiary/aromatic N) is 2. The maximum absolute atomic E-state index is 13.6. The van der Waals surface area contributed by atoms with E-state index in [2.05, 4.69) is 30.3 Å². The predicted molar refractivity (Wildman–Crippen MR) is 142 cm³/mol. The van der Waals surface area contributed by atoms with Crippen molar-refractivity contribution < 1.29 is 23.6 Å². The number of aromatic nitrogens is 3. The number of nitriles is 1. The number of carbonyl (C=O) groups excluding carboxylic acids is 3. The predicted octanol–water partition coefficient (Wildman–Crippen LogP) is 3.70. The number of fused-ring (bicyclic) bond motifs is 3. The molecule has 2 aliphatic rings. The Morgan fingerprint density at radius 1 is 1.02 bits per heavy atom. The first-order valence-electron chi connectivity index (χ1n) is 12.6. The van der Waals surface area contributed by atoms with E-state index in [0.717, 1.165) is 0 Å². The van der Waals surface area contributed by atoms with Gasteiger partial charge in [0.1, 0.15) is 5.69 Å². The summed E-state index contributed by atoms with van der Waals surface area (Å²) >= 11 is 0. The van der Waals surface area contributed by atoms with E-state index < -0.39 is 34.0 Å². The van der Waals surface area contributed by atoms with Crippen LogP contribution in [0.1, 0.15) is 49.7 Å². The lowest BCUT2D eigenvalue weighted by Crippen LogP contribution is -2.50. The largest absolute Gasteiger partial charge is 0.448 e. The lowest BCUT2D eigenvalue weighted by molar-refractivity contribution is -0.165. The highest BCUT2D eigenvalue weighted by Crippen LogP contribution is 2.65. The molecule has 0 spiro atoms. The van der Waals surface area contributed by atoms with Gasteiger partial charge in [0, 0.05) is 16.4 Å². The van der Waals surface area contributed by atoms with Crippen LogP contribution in [0.25, 0.3) is 22.3 Å². The van der Waals surface area contributed by atoms with Crippen LogP contribution in [0.3, 0.4) is 0 Å². The fraction of sp³-hybridized carbons (Fsp3) is 0.286. The first kappa shape index (κ1) is 25.1. The molecule has 6 rings (SSSR count). The van der Waals surface area contributed by atoms with Gasteiger partial charge in [-0.05, 0) is 50.1 Å². The minimum Gasteiger partial charge on any atom is -0.448 e. The molecule has 2 aromatic carbocycles. The summed E-state index contributed by atoms with van der Waals surface area (Å²) in [4.78, 5) is 56.5. The van der Waals surface area contributed by atoms with Gasteiger partial charge in [0.05, 0.1) is 33.9 Å². The van der Waals surface area contributed by atoms with Crippen molar-refractivity contribution in [1.82, 2.24) is 15.1 Å². The Hall–Kier alpha value is -5.18. The van der Waals surface area contributed by atoms with E-state index in [-0.39, 0.29) is 23.2 Å². The van der Waals surface area contributed by atoms with Crippen LogP contribution in [0.2, 0.25) is 0 Å². The number of H-pyrrole nitrogens is 2. The number of hydrogen-bond donors (Lipinski definition) is 4. The fourth-order valence-electron chi connectivity index (χ4n) is 5.81. The molecule has 1 aliphatic heterocycles. The van der Waals surface area contributed by atoms with Gasteiger partial charge in [-0.1, -0.05) is 31.1 Å². The Balaban J connectivity index is 1.30. The highest BCUT2D eigenvalue weighted by Gasteiger charge is 2.75. The molecule has 2 bridgehead atoms. The van der Waals surface area contributed by atoms with Gasteiger partial charge in [0.15, 0.2) is 11.4 Å². The second-order valence-corrected chi connectivity index (χ2v) is 10.9. The number of ether oxygens (including phenoxy) is 1. The summed E-state index contributed by atoms with van der Waals surface area (Å²) in [6.45, 7) is 5.61. The second-order valence-electron chi connectivity index (χ2n) is 10.9. The van der Waals surface area contributed by atoms with Crippen LogP contribution in [-0.2, 0) is 14.3 Å². The fourth-order valence-corrected chi connectivity index (χ4v) is 5.81. The number of amides is 2. The van der Waals surface area contributed by atoms with Crippen LogP contribution < -0.4 is 16.4 Å². The molecular formula is C28H24N6O6. The van der Waals surface area contributed by atoms with Crippen LogP contribution in [0.5, 0.6) is 0 Å². The SMILES string of the molecule is CC12CCC(C(=O)Nc3cccc4cc(C(=O)Nc5ccc(C#N)cc5-c5noc(=O)[nH]5)[nH]c34)(OC1=O)C2(C)C. The first-order chi connectivity index (χ1) is 19.0. The van der Waals surface area contributed by atoms with Crippen molar-refractivity contribution in [2.75, 3.05) is 10.6 Å². The Bertz CT molecular complexity index is 1840. The van der Waals surface area contributed by atoms with Gasteiger partial charge >= 0.3 is 11.7 Å². The summed E-state index contributed by atoms with van der Waals surface area (Å²) in [6.07, 6.45) is 0.981. The average molecular weight is 541 g/mol. The van der Waals surface area contributed by atoms with Gasteiger partial charge in [-0.15, -0.1) is 0 Å². The number of hydrogen-bond acceptors (Lipinski definition) is 8. The summed E-state index contributed by atoms with van der Waals surface area (Å²) in [5.41, 5.74) is -0.722. The topological polar surface area (TPSA) is 183 Å². The highest BCUT2D eigenvalue weighted by atomic mass is 16.6. The Morgan fingerprint density at radius 3 is 2.48 bits per heavy atom. The quantitative estimate of drug-likeness (QED) is 0.276. The van der Waals surface area contributed by atoms with Gasteiger partial charge in [0.25, 0.3) is 11.8 Å². The highest BCUT2D eigenvalue weighted by molar-refractivity contribution is 6.11. The molecule has 2 atom stereocenters. The van der Waals surface area contributed by atoms with E-state index >= 15 is 0 Å². The zero-order valence-electron chi connectivity index (χ0n) is 21.8. The van der Waals surface area contributed by atoms with E-state index in [1.807, 2.05) is 26.8 Å². The number of nitrogens with one attached hydrogen (secondary N) is 4. The van der Waals surface area contributed by atoms with Crippen LogP contribution in [0.4, 0.5) is 11.4 Å². The average Bonchev–Trinajstić information content (AvgIpc) is 3.64. The zero-order chi connectivity index (χ0) is 28.4. The number of carbonyl (C=O) groups is 3. The lowest BCUT2D eigenvalue weighted by Gasteiger charge is -2.35. The third kappa shape index (κ3) is 3.40. The molecule has 4 aromatic rings. The van der Waals surface area contributed by atoms with Crippen LogP contribution >= 0.6 is 0 Å². The summed E-state index contributed by atoms with van der Waals surface area (Å²) in [6, 6.07) is 13.4. The van der Waals surface area contributed by atoms with Crippen LogP contribution in [0, 0.1) is 22.2 Å². The number of anilines is 2. The number of benzene rings is 2. The number of rotatable bonds is 5. The van der Waals surface area contributed by atoms with Gasteiger partial charge in [0.2, 0.25) is 0 Å². The molecular weight excluding hydrogens is 516 g/mol.